The molecule has 0 atom stereocenters. The Kier molecular flexibility index (Phi) is 4.85. The standard InChI is InChI=1S/C16H18O4/c1-2-19-16-9-12(10-17)6-7-15(16)20-11-13-4-3-5-14(18)8-13/h3-9,17-18H,2,10-11H2,1H3. The highest BCUT2D eigenvalue weighted by Crippen LogP contribution is 2.29. The van der Waals surface area contributed by atoms with Crippen LogP contribution < -0.4 is 9.47 Å². The van der Waals surface area contributed by atoms with E-state index in [9.17, 15) is 5.11 Å². The van der Waals surface area contributed by atoms with Crippen molar-refractivity contribution in [1.29, 1.82) is 0 Å². The van der Waals surface area contributed by atoms with Crippen LogP contribution in [0.4, 0.5) is 0 Å². The Hall–Kier alpha value is -2.20. The summed E-state index contributed by atoms with van der Waals surface area (Å²) in [5, 5.41) is 18.5. The summed E-state index contributed by atoms with van der Waals surface area (Å²) in [6.07, 6.45) is 0. The third-order valence-electron chi connectivity index (χ3n) is 2.80. The molecule has 0 heterocycles. The molecule has 0 fully saturated rings. The molecule has 0 unspecified atom stereocenters. The second-order valence-corrected chi connectivity index (χ2v) is 4.33. The van der Waals surface area contributed by atoms with Crippen LogP contribution >= 0.6 is 0 Å². The fourth-order valence-electron chi connectivity index (χ4n) is 1.85. The summed E-state index contributed by atoms with van der Waals surface area (Å²) in [5.74, 6) is 1.44. The summed E-state index contributed by atoms with van der Waals surface area (Å²) >= 11 is 0. The number of ether oxygens (including phenoxy) is 2. The first kappa shape index (κ1) is 14.2. The zero-order chi connectivity index (χ0) is 14.4. The summed E-state index contributed by atoms with van der Waals surface area (Å²) in [6, 6.07) is 12.3. The average molecular weight is 274 g/mol. The highest BCUT2D eigenvalue weighted by Gasteiger charge is 2.07. The van der Waals surface area contributed by atoms with Crippen LogP contribution in [0.25, 0.3) is 0 Å². The number of aliphatic hydroxyl groups excluding tert-OH is 1. The smallest absolute Gasteiger partial charge is 0.161 e. The van der Waals surface area contributed by atoms with Gasteiger partial charge in [0.05, 0.1) is 13.2 Å². The number of phenolic OH excluding ortho intramolecular Hbond substituents is 1. The van der Waals surface area contributed by atoms with Crippen molar-refractivity contribution < 1.29 is 19.7 Å². The zero-order valence-electron chi connectivity index (χ0n) is 11.4. The first-order chi connectivity index (χ1) is 9.72. The van der Waals surface area contributed by atoms with Crippen LogP contribution in [0, 0.1) is 0 Å². The van der Waals surface area contributed by atoms with Crippen molar-refractivity contribution in [2.75, 3.05) is 6.61 Å². The van der Waals surface area contributed by atoms with Gasteiger partial charge in [-0.1, -0.05) is 18.2 Å². The molecule has 4 heteroatoms. The summed E-state index contributed by atoms with van der Waals surface area (Å²) in [5.41, 5.74) is 1.65. The monoisotopic (exact) mass is 274 g/mol. The fourth-order valence-corrected chi connectivity index (χ4v) is 1.85. The first-order valence-electron chi connectivity index (χ1n) is 6.50. The predicted molar refractivity (Wildman–Crippen MR) is 76.0 cm³/mol. The van der Waals surface area contributed by atoms with Crippen molar-refractivity contribution in [1.82, 2.24) is 0 Å². The van der Waals surface area contributed by atoms with Crippen LogP contribution in [0.5, 0.6) is 17.2 Å². The highest BCUT2D eigenvalue weighted by molar-refractivity contribution is 5.43. The minimum absolute atomic E-state index is 0.0348. The molecule has 0 aliphatic carbocycles. The summed E-state index contributed by atoms with van der Waals surface area (Å²) in [4.78, 5) is 0. The number of hydrogen-bond donors (Lipinski definition) is 2. The molecular weight excluding hydrogens is 256 g/mol. The Morgan fingerprint density at radius 3 is 2.50 bits per heavy atom. The van der Waals surface area contributed by atoms with E-state index in [0.717, 1.165) is 11.1 Å². The molecule has 2 N–H and O–H groups in total. The Balaban J connectivity index is 2.12. The van der Waals surface area contributed by atoms with E-state index in [-0.39, 0.29) is 12.4 Å². The quantitative estimate of drug-likeness (QED) is 0.850. The maximum absolute atomic E-state index is 9.41. The number of rotatable bonds is 6. The van der Waals surface area contributed by atoms with Crippen LogP contribution in [0.3, 0.4) is 0 Å². The Morgan fingerprint density at radius 2 is 1.80 bits per heavy atom. The minimum atomic E-state index is -0.0348. The third-order valence-corrected chi connectivity index (χ3v) is 2.80. The Labute approximate surface area is 118 Å². The topological polar surface area (TPSA) is 58.9 Å². The van der Waals surface area contributed by atoms with Gasteiger partial charge in [-0.3, -0.25) is 0 Å². The molecule has 2 aromatic rings. The van der Waals surface area contributed by atoms with Crippen molar-refractivity contribution in [3.63, 3.8) is 0 Å². The number of aromatic hydroxyl groups is 1. The van der Waals surface area contributed by atoms with Gasteiger partial charge in [0.15, 0.2) is 11.5 Å². The number of aliphatic hydroxyl groups is 1. The Bertz CT molecular complexity index is 566. The Morgan fingerprint density at radius 1 is 0.950 bits per heavy atom. The lowest BCUT2D eigenvalue weighted by Gasteiger charge is -2.13. The SMILES string of the molecule is CCOc1cc(CO)ccc1OCc1cccc(O)c1. The first-order valence-corrected chi connectivity index (χ1v) is 6.50. The van der Waals surface area contributed by atoms with Crippen LogP contribution in [0.1, 0.15) is 18.1 Å². The molecule has 2 aromatic carbocycles. The molecule has 0 saturated carbocycles. The molecule has 0 saturated heterocycles. The molecule has 0 radical (unpaired) electrons. The lowest BCUT2D eigenvalue weighted by Crippen LogP contribution is -2.00. The lowest BCUT2D eigenvalue weighted by atomic mass is 10.2. The van der Waals surface area contributed by atoms with E-state index in [2.05, 4.69) is 0 Å². The fraction of sp³-hybridized carbons (Fsp3) is 0.250. The molecule has 0 bridgehead atoms. The largest absolute Gasteiger partial charge is 0.508 e. The van der Waals surface area contributed by atoms with Gasteiger partial charge in [-0.15, -0.1) is 0 Å². The normalized spacial score (nSPS) is 10.3. The van der Waals surface area contributed by atoms with Gasteiger partial charge in [0.25, 0.3) is 0 Å². The van der Waals surface area contributed by atoms with E-state index in [1.54, 1.807) is 36.4 Å². The number of benzene rings is 2. The number of hydrogen-bond acceptors (Lipinski definition) is 4. The molecule has 106 valence electrons. The van der Waals surface area contributed by atoms with Crippen molar-refractivity contribution in [3.8, 4) is 17.2 Å². The van der Waals surface area contributed by atoms with Crippen molar-refractivity contribution >= 4 is 0 Å². The van der Waals surface area contributed by atoms with E-state index in [1.165, 1.54) is 0 Å². The molecule has 0 spiro atoms. The van der Waals surface area contributed by atoms with Gasteiger partial charge in [0, 0.05) is 0 Å². The van der Waals surface area contributed by atoms with Crippen molar-refractivity contribution in [2.24, 2.45) is 0 Å². The maximum Gasteiger partial charge on any atom is 0.161 e. The molecule has 2 rings (SSSR count). The van der Waals surface area contributed by atoms with Crippen molar-refractivity contribution in [3.05, 3.63) is 53.6 Å². The van der Waals surface area contributed by atoms with Crippen LogP contribution in [0.15, 0.2) is 42.5 Å². The van der Waals surface area contributed by atoms with Crippen LogP contribution in [0.2, 0.25) is 0 Å². The van der Waals surface area contributed by atoms with E-state index in [1.807, 2.05) is 13.0 Å². The maximum atomic E-state index is 9.41. The summed E-state index contributed by atoms with van der Waals surface area (Å²) in [7, 11) is 0. The number of phenols is 1. The van der Waals surface area contributed by atoms with E-state index >= 15 is 0 Å². The van der Waals surface area contributed by atoms with Crippen molar-refractivity contribution in [2.45, 2.75) is 20.1 Å². The zero-order valence-corrected chi connectivity index (χ0v) is 11.4. The second kappa shape index (κ2) is 6.82. The van der Waals surface area contributed by atoms with Gasteiger partial charge >= 0.3 is 0 Å². The van der Waals surface area contributed by atoms with Gasteiger partial charge in [0.1, 0.15) is 12.4 Å². The minimum Gasteiger partial charge on any atom is -0.508 e. The highest BCUT2D eigenvalue weighted by atomic mass is 16.5. The van der Waals surface area contributed by atoms with E-state index in [0.29, 0.717) is 24.7 Å². The van der Waals surface area contributed by atoms with E-state index < -0.39 is 0 Å². The van der Waals surface area contributed by atoms with Crippen LogP contribution in [-0.4, -0.2) is 16.8 Å². The predicted octanol–water partition coefficient (Wildman–Crippen LogP) is 2.86. The lowest BCUT2D eigenvalue weighted by molar-refractivity contribution is 0.263. The molecule has 20 heavy (non-hydrogen) atoms. The third kappa shape index (κ3) is 3.65. The molecular formula is C16H18O4. The average Bonchev–Trinajstić information content (AvgIpc) is 2.46. The van der Waals surface area contributed by atoms with Gasteiger partial charge in [0.2, 0.25) is 0 Å². The molecule has 0 aliphatic rings. The van der Waals surface area contributed by atoms with Gasteiger partial charge in [-0.05, 0) is 42.3 Å². The summed E-state index contributed by atoms with van der Waals surface area (Å²) < 4.78 is 11.2. The molecule has 0 aromatic heterocycles. The molecule has 0 amide bonds. The van der Waals surface area contributed by atoms with Crippen LogP contribution in [-0.2, 0) is 13.2 Å². The molecule has 4 nitrogen and oxygen atoms in total. The summed E-state index contributed by atoms with van der Waals surface area (Å²) in [6.45, 7) is 2.72. The van der Waals surface area contributed by atoms with Gasteiger partial charge in [-0.25, -0.2) is 0 Å². The second-order valence-electron chi connectivity index (χ2n) is 4.33. The van der Waals surface area contributed by atoms with Gasteiger partial charge in [-0.2, -0.15) is 0 Å². The van der Waals surface area contributed by atoms with E-state index in [4.69, 9.17) is 14.6 Å². The van der Waals surface area contributed by atoms with Gasteiger partial charge < -0.3 is 19.7 Å². The molecule has 0 aliphatic heterocycles.